The van der Waals surface area contributed by atoms with Crippen LogP contribution < -0.4 is 0 Å². The molecule has 0 aliphatic carbocycles. The Bertz CT molecular complexity index is 1330. The molecule has 0 N–H and O–H groups in total. The highest BCUT2D eigenvalue weighted by Crippen LogP contribution is 2.12. The summed E-state index contributed by atoms with van der Waals surface area (Å²) in [5.41, 5.74) is 0. The second-order valence-corrected chi connectivity index (χ2v) is 16.3. The van der Waals surface area contributed by atoms with E-state index in [9.17, 15) is 14.4 Å². The lowest BCUT2D eigenvalue weighted by Crippen LogP contribution is -2.30. The zero-order valence-electron chi connectivity index (χ0n) is 40.5. The summed E-state index contributed by atoms with van der Waals surface area (Å²) in [5.74, 6) is -0.951. The Labute approximate surface area is 387 Å². The lowest BCUT2D eigenvalue weighted by molar-refractivity contribution is -0.167. The number of unbranched alkanes of at least 4 members (excludes halogenated alkanes) is 15. The van der Waals surface area contributed by atoms with Crippen LogP contribution in [0.5, 0.6) is 0 Å². The van der Waals surface area contributed by atoms with E-state index >= 15 is 0 Å². The second-order valence-electron chi connectivity index (χ2n) is 16.3. The quantitative estimate of drug-likeness (QED) is 0.0263. The van der Waals surface area contributed by atoms with Crippen molar-refractivity contribution in [3.63, 3.8) is 0 Å². The zero-order chi connectivity index (χ0) is 45.8. The molecule has 0 rings (SSSR count). The Hall–Kier alpha value is -3.93. The van der Waals surface area contributed by atoms with Gasteiger partial charge in [0.25, 0.3) is 0 Å². The molecule has 0 amide bonds. The fourth-order valence-electron chi connectivity index (χ4n) is 6.44. The molecule has 1 unspecified atom stereocenters. The molecule has 0 aromatic carbocycles. The number of carbonyl (C=O) groups excluding carboxylic acids is 3. The fourth-order valence-corrected chi connectivity index (χ4v) is 6.44. The lowest BCUT2D eigenvalue weighted by atomic mass is 10.1. The highest BCUT2D eigenvalue weighted by Gasteiger charge is 2.19. The van der Waals surface area contributed by atoms with E-state index in [4.69, 9.17) is 14.2 Å². The van der Waals surface area contributed by atoms with Gasteiger partial charge in [-0.15, -0.1) is 0 Å². The highest BCUT2D eigenvalue weighted by molar-refractivity contribution is 5.71. The summed E-state index contributed by atoms with van der Waals surface area (Å²) in [5, 5.41) is 0. The highest BCUT2D eigenvalue weighted by atomic mass is 16.6. The molecular formula is C57H92O6. The Morgan fingerprint density at radius 2 is 0.635 bits per heavy atom. The van der Waals surface area contributed by atoms with Gasteiger partial charge in [0.1, 0.15) is 13.2 Å². The molecule has 0 aliphatic heterocycles. The van der Waals surface area contributed by atoms with Crippen molar-refractivity contribution in [2.24, 2.45) is 0 Å². The molecule has 0 spiro atoms. The third-order valence-corrected chi connectivity index (χ3v) is 10.3. The SMILES string of the molecule is CC/C=C\C/C=C\C/C=C\C/C=C\C/C=C\C/C=C\C/C=C\C/C=C\CCCCCCC(=O)OCC(COC(=O)CCCCCCC)OC(=O)CCCCCCC/C=C\CCCC. The molecule has 0 saturated carbocycles. The average Bonchev–Trinajstić information content (AvgIpc) is 3.28. The summed E-state index contributed by atoms with van der Waals surface area (Å²) in [6.07, 6.45) is 68.3. The van der Waals surface area contributed by atoms with E-state index in [0.717, 1.165) is 148 Å². The van der Waals surface area contributed by atoms with Gasteiger partial charge in [0.05, 0.1) is 0 Å². The maximum atomic E-state index is 12.7. The third kappa shape index (κ3) is 49.0. The number of ether oxygens (including phenoxy) is 3. The fraction of sp³-hybridized carbons (Fsp3) is 0.632. The zero-order valence-corrected chi connectivity index (χ0v) is 40.5. The summed E-state index contributed by atoms with van der Waals surface area (Å²) in [6.45, 7) is 6.34. The summed E-state index contributed by atoms with van der Waals surface area (Å²) in [7, 11) is 0. The normalized spacial score (nSPS) is 13.0. The van der Waals surface area contributed by atoms with Gasteiger partial charge in [-0.25, -0.2) is 0 Å². The van der Waals surface area contributed by atoms with E-state index in [1.807, 2.05) is 0 Å². The summed E-state index contributed by atoms with van der Waals surface area (Å²) < 4.78 is 16.6. The van der Waals surface area contributed by atoms with Crippen LogP contribution in [0.25, 0.3) is 0 Å². The third-order valence-electron chi connectivity index (χ3n) is 10.3. The molecule has 6 nitrogen and oxygen atoms in total. The molecule has 1 atom stereocenters. The first-order valence-corrected chi connectivity index (χ1v) is 25.4. The number of rotatable bonds is 44. The van der Waals surface area contributed by atoms with Crippen LogP contribution >= 0.6 is 0 Å². The minimum Gasteiger partial charge on any atom is -0.462 e. The van der Waals surface area contributed by atoms with Gasteiger partial charge < -0.3 is 14.2 Å². The molecule has 0 bridgehead atoms. The summed E-state index contributed by atoms with van der Waals surface area (Å²) in [6, 6.07) is 0. The van der Waals surface area contributed by atoms with E-state index in [-0.39, 0.29) is 31.1 Å². The van der Waals surface area contributed by atoms with Crippen molar-refractivity contribution in [2.75, 3.05) is 13.2 Å². The molecule has 6 heteroatoms. The smallest absolute Gasteiger partial charge is 0.306 e. The maximum Gasteiger partial charge on any atom is 0.306 e. The minimum atomic E-state index is -0.789. The van der Waals surface area contributed by atoms with Crippen molar-refractivity contribution >= 4 is 17.9 Å². The topological polar surface area (TPSA) is 78.9 Å². The number of carbonyl (C=O) groups is 3. The molecule has 0 aromatic rings. The van der Waals surface area contributed by atoms with Gasteiger partial charge in [0.2, 0.25) is 0 Å². The first-order chi connectivity index (χ1) is 31.0. The van der Waals surface area contributed by atoms with Crippen molar-refractivity contribution in [1.82, 2.24) is 0 Å². The molecule has 356 valence electrons. The minimum absolute atomic E-state index is 0.0919. The second kappa shape index (κ2) is 50.7. The monoisotopic (exact) mass is 873 g/mol. The molecule has 0 heterocycles. The van der Waals surface area contributed by atoms with Crippen LogP contribution in [0, 0.1) is 0 Å². The van der Waals surface area contributed by atoms with E-state index in [2.05, 4.69) is 130 Å². The number of hydrogen-bond donors (Lipinski definition) is 0. The maximum absolute atomic E-state index is 12.7. The van der Waals surface area contributed by atoms with Crippen molar-refractivity contribution in [3.05, 3.63) is 109 Å². The van der Waals surface area contributed by atoms with Crippen LogP contribution in [0.15, 0.2) is 109 Å². The Kier molecular flexibility index (Phi) is 47.5. The van der Waals surface area contributed by atoms with Crippen LogP contribution in [0.3, 0.4) is 0 Å². The van der Waals surface area contributed by atoms with E-state index in [1.165, 1.54) is 25.7 Å². The molecular weight excluding hydrogens is 781 g/mol. The van der Waals surface area contributed by atoms with Gasteiger partial charge in [-0.2, -0.15) is 0 Å². The number of esters is 3. The number of hydrogen-bond acceptors (Lipinski definition) is 6. The van der Waals surface area contributed by atoms with Crippen molar-refractivity contribution < 1.29 is 28.6 Å². The van der Waals surface area contributed by atoms with Crippen LogP contribution in [0.1, 0.15) is 213 Å². The van der Waals surface area contributed by atoms with Gasteiger partial charge in [-0.3, -0.25) is 14.4 Å². The summed E-state index contributed by atoms with van der Waals surface area (Å²) >= 11 is 0. The van der Waals surface area contributed by atoms with Gasteiger partial charge in [-0.05, 0) is 103 Å². The summed E-state index contributed by atoms with van der Waals surface area (Å²) in [4.78, 5) is 37.5. The van der Waals surface area contributed by atoms with Crippen LogP contribution in [0.4, 0.5) is 0 Å². The first-order valence-electron chi connectivity index (χ1n) is 25.4. The Morgan fingerprint density at radius 3 is 1.03 bits per heavy atom. The predicted molar refractivity (Wildman–Crippen MR) is 270 cm³/mol. The largest absolute Gasteiger partial charge is 0.462 e. The molecule has 0 fully saturated rings. The Balaban J connectivity index is 4.17. The van der Waals surface area contributed by atoms with Gasteiger partial charge in [0, 0.05) is 19.3 Å². The van der Waals surface area contributed by atoms with Crippen LogP contribution in [-0.4, -0.2) is 37.2 Å². The van der Waals surface area contributed by atoms with Crippen LogP contribution in [-0.2, 0) is 28.6 Å². The van der Waals surface area contributed by atoms with Gasteiger partial charge >= 0.3 is 17.9 Å². The first kappa shape index (κ1) is 59.1. The van der Waals surface area contributed by atoms with Crippen molar-refractivity contribution in [1.29, 1.82) is 0 Å². The van der Waals surface area contributed by atoms with E-state index < -0.39 is 6.10 Å². The number of allylic oxidation sites excluding steroid dienone is 18. The lowest BCUT2D eigenvalue weighted by Gasteiger charge is -2.18. The molecule has 0 aliphatic rings. The van der Waals surface area contributed by atoms with Gasteiger partial charge in [0.15, 0.2) is 6.10 Å². The van der Waals surface area contributed by atoms with Crippen molar-refractivity contribution in [3.8, 4) is 0 Å². The standard InChI is InChI=1S/C57H92O6/c1-4-7-10-13-15-17-19-20-21-22-23-24-25-26-27-28-29-30-31-32-33-34-35-36-38-39-41-44-47-50-56(59)62-53-54(52-61-55(58)49-46-43-12-9-6-3)63-57(60)51-48-45-42-40-37-18-16-14-11-8-5-2/h7,10,14-17,20-21,23-24,26-27,29-30,32-33,35-36,54H,4-6,8-9,11-13,18-19,22,25,28,31,34,37-53H2,1-3H3/b10-7-,16-14-,17-15-,21-20-,24-23-,27-26-,30-29-,33-32-,36-35-. The molecule has 0 aromatic heterocycles. The average molecular weight is 873 g/mol. The van der Waals surface area contributed by atoms with Gasteiger partial charge in [-0.1, -0.05) is 201 Å². The molecule has 0 radical (unpaired) electrons. The molecule has 63 heavy (non-hydrogen) atoms. The van der Waals surface area contributed by atoms with Crippen LogP contribution in [0.2, 0.25) is 0 Å². The van der Waals surface area contributed by atoms with Crippen molar-refractivity contribution in [2.45, 2.75) is 219 Å². The molecule has 0 saturated heterocycles. The van der Waals surface area contributed by atoms with E-state index in [1.54, 1.807) is 0 Å². The van der Waals surface area contributed by atoms with E-state index in [0.29, 0.717) is 19.3 Å². The predicted octanol–water partition coefficient (Wildman–Crippen LogP) is 16.8. The Morgan fingerprint density at radius 1 is 0.333 bits per heavy atom.